The molecule has 0 bridgehead atoms. The highest BCUT2D eigenvalue weighted by Gasteiger charge is 2.32. The van der Waals surface area contributed by atoms with Gasteiger partial charge in [0.15, 0.2) is 11.5 Å². The predicted molar refractivity (Wildman–Crippen MR) is 69.4 cm³/mol. The van der Waals surface area contributed by atoms with E-state index in [1.165, 1.54) is 0 Å². The van der Waals surface area contributed by atoms with Crippen LogP contribution in [0.5, 0.6) is 17.2 Å². The predicted octanol–water partition coefficient (Wildman–Crippen LogP) is 2.22. The molecule has 1 unspecified atom stereocenters. The van der Waals surface area contributed by atoms with Crippen molar-refractivity contribution >= 4 is 5.97 Å². The van der Waals surface area contributed by atoms with E-state index in [4.69, 9.17) is 19.3 Å². The Morgan fingerprint density at radius 2 is 1.95 bits per heavy atom. The Kier molecular flexibility index (Phi) is 3.83. The van der Waals surface area contributed by atoms with Crippen molar-refractivity contribution in [2.75, 3.05) is 21.3 Å². The number of carboxylic acid groups (broad SMARTS) is 1. The number of aryl methyl sites for hydroxylation is 1. The van der Waals surface area contributed by atoms with Crippen LogP contribution in [0.15, 0.2) is 6.07 Å². The molecule has 0 fully saturated rings. The fourth-order valence-corrected chi connectivity index (χ4v) is 2.77. The standard InChI is InChI=1S/C14H18O5/c1-17-10-6-8-4-5-9(7-11(15)16)12(8)14(19-3)13(10)18-2/h6,9H,4-5,7H2,1-3H3,(H,15,16). The molecule has 0 spiro atoms. The van der Waals surface area contributed by atoms with Crippen LogP contribution in [0.1, 0.15) is 29.9 Å². The number of methoxy groups -OCH3 is 3. The molecule has 0 saturated heterocycles. The number of hydrogen-bond donors (Lipinski definition) is 1. The maximum absolute atomic E-state index is 10.9. The minimum Gasteiger partial charge on any atom is -0.493 e. The number of fused-ring (bicyclic) bond motifs is 1. The molecule has 0 aliphatic heterocycles. The van der Waals surface area contributed by atoms with Crippen molar-refractivity contribution in [1.82, 2.24) is 0 Å². The molecule has 0 aromatic heterocycles. The topological polar surface area (TPSA) is 65.0 Å². The molecular weight excluding hydrogens is 248 g/mol. The minimum atomic E-state index is -0.797. The fourth-order valence-electron chi connectivity index (χ4n) is 2.77. The number of benzene rings is 1. The van der Waals surface area contributed by atoms with Crippen molar-refractivity contribution < 1.29 is 24.1 Å². The SMILES string of the molecule is COc1cc2c(c(OC)c1OC)C(CC(=O)O)CC2. The maximum atomic E-state index is 10.9. The highest BCUT2D eigenvalue weighted by molar-refractivity contribution is 5.70. The molecule has 1 aliphatic rings. The summed E-state index contributed by atoms with van der Waals surface area (Å²) in [7, 11) is 4.69. The second-order valence-corrected chi connectivity index (χ2v) is 4.55. The molecule has 19 heavy (non-hydrogen) atoms. The van der Waals surface area contributed by atoms with Crippen LogP contribution in [0.2, 0.25) is 0 Å². The van der Waals surface area contributed by atoms with Crippen LogP contribution in [-0.2, 0) is 11.2 Å². The van der Waals surface area contributed by atoms with E-state index >= 15 is 0 Å². The fraction of sp³-hybridized carbons (Fsp3) is 0.500. The first-order valence-electron chi connectivity index (χ1n) is 6.15. The van der Waals surface area contributed by atoms with E-state index in [-0.39, 0.29) is 12.3 Å². The molecule has 5 nitrogen and oxygen atoms in total. The lowest BCUT2D eigenvalue weighted by Gasteiger charge is -2.18. The van der Waals surface area contributed by atoms with Gasteiger partial charge in [0.2, 0.25) is 5.75 Å². The smallest absolute Gasteiger partial charge is 0.303 e. The van der Waals surface area contributed by atoms with Gasteiger partial charge < -0.3 is 19.3 Å². The lowest BCUT2D eigenvalue weighted by atomic mass is 9.96. The van der Waals surface area contributed by atoms with Crippen molar-refractivity contribution in [2.24, 2.45) is 0 Å². The van der Waals surface area contributed by atoms with Crippen LogP contribution >= 0.6 is 0 Å². The zero-order chi connectivity index (χ0) is 14.0. The average Bonchev–Trinajstić information content (AvgIpc) is 2.78. The Morgan fingerprint density at radius 3 is 2.47 bits per heavy atom. The van der Waals surface area contributed by atoms with Gasteiger partial charge in [-0.25, -0.2) is 0 Å². The Balaban J connectivity index is 2.54. The second kappa shape index (κ2) is 5.38. The van der Waals surface area contributed by atoms with E-state index in [0.717, 1.165) is 24.0 Å². The van der Waals surface area contributed by atoms with E-state index in [0.29, 0.717) is 17.2 Å². The summed E-state index contributed by atoms with van der Waals surface area (Å²) in [4.78, 5) is 10.9. The van der Waals surface area contributed by atoms with Crippen LogP contribution in [0.4, 0.5) is 0 Å². The third-order valence-corrected chi connectivity index (χ3v) is 3.55. The maximum Gasteiger partial charge on any atom is 0.303 e. The zero-order valence-corrected chi connectivity index (χ0v) is 11.4. The highest BCUT2D eigenvalue weighted by atomic mass is 16.5. The molecule has 2 rings (SSSR count). The Morgan fingerprint density at radius 1 is 1.26 bits per heavy atom. The first-order chi connectivity index (χ1) is 9.12. The van der Waals surface area contributed by atoms with Gasteiger partial charge in [0, 0.05) is 5.56 Å². The van der Waals surface area contributed by atoms with Crippen LogP contribution in [0, 0.1) is 0 Å². The van der Waals surface area contributed by atoms with Crippen LogP contribution in [0.25, 0.3) is 0 Å². The van der Waals surface area contributed by atoms with Gasteiger partial charge in [-0.2, -0.15) is 0 Å². The van der Waals surface area contributed by atoms with Crippen molar-refractivity contribution in [1.29, 1.82) is 0 Å². The second-order valence-electron chi connectivity index (χ2n) is 4.55. The van der Waals surface area contributed by atoms with Crippen LogP contribution < -0.4 is 14.2 Å². The molecule has 1 aliphatic carbocycles. The Bertz CT molecular complexity index is 495. The van der Waals surface area contributed by atoms with Gasteiger partial charge in [0.05, 0.1) is 27.8 Å². The van der Waals surface area contributed by atoms with E-state index < -0.39 is 5.97 Å². The molecule has 0 saturated carbocycles. The van der Waals surface area contributed by atoms with E-state index in [2.05, 4.69) is 0 Å². The molecule has 0 heterocycles. The number of rotatable bonds is 5. The summed E-state index contributed by atoms with van der Waals surface area (Å²) >= 11 is 0. The van der Waals surface area contributed by atoms with Gasteiger partial charge in [0.1, 0.15) is 0 Å². The lowest BCUT2D eigenvalue weighted by Crippen LogP contribution is -2.06. The van der Waals surface area contributed by atoms with Gasteiger partial charge in [-0.05, 0) is 30.4 Å². The minimum absolute atomic E-state index is 0.0257. The molecule has 1 N–H and O–H groups in total. The van der Waals surface area contributed by atoms with E-state index in [1.807, 2.05) is 6.07 Å². The summed E-state index contributed by atoms with van der Waals surface area (Å²) in [5.41, 5.74) is 2.03. The molecule has 1 aromatic carbocycles. The van der Waals surface area contributed by atoms with E-state index in [9.17, 15) is 4.79 Å². The van der Waals surface area contributed by atoms with Crippen molar-refractivity contribution in [3.63, 3.8) is 0 Å². The quantitative estimate of drug-likeness (QED) is 0.885. The van der Waals surface area contributed by atoms with Gasteiger partial charge in [0.25, 0.3) is 0 Å². The third kappa shape index (κ3) is 2.32. The van der Waals surface area contributed by atoms with Gasteiger partial charge in [-0.15, -0.1) is 0 Å². The van der Waals surface area contributed by atoms with Gasteiger partial charge >= 0.3 is 5.97 Å². The molecular formula is C14H18O5. The number of carboxylic acids is 1. The van der Waals surface area contributed by atoms with Crippen molar-refractivity contribution in [3.8, 4) is 17.2 Å². The number of carbonyl (C=O) groups is 1. The molecule has 104 valence electrons. The summed E-state index contributed by atoms with van der Waals surface area (Å²) in [6, 6.07) is 1.92. The Labute approximate surface area is 112 Å². The summed E-state index contributed by atoms with van der Waals surface area (Å²) in [6.45, 7) is 0. The average molecular weight is 266 g/mol. The number of ether oxygens (including phenoxy) is 3. The first kappa shape index (κ1) is 13.5. The summed E-state index contributed by atoms with van der Waals surface area (Å²) < 4.78 is 16.1. The largest absolute Gasteiger partial charge is 0.493 e. The van der Waals surface area contributed by atoms with Crippen LogP contribution in [0.3, 0.4) is 0 Å². The zero-order valence-electron chi connectivity index (χ0n) is 11.4. The third-order valence-electron chi connectivity index (χ3n) is 3.55. The number of aliphatic carboxylic acids is 1. The van der Waals surface area contributed by atoms with Crippen molar-refractivity contribution in [3.05, 3.63) is 17.2 Å². The van der Waals surface area contributed by atoms with Gasteiger partial charge in [-0.3, -0.25) is 4.79 Å². The monoisotopic (exact) mass is 266 g/mol. The first-order valence-corrected chi connectivity index (χ1v) is 6.15. The lowest BCUT2D eigenvalue weighted by molar-refractivity contribution is -0.137. The summed E-state index contributed by atoms with van der Waals surface area (Å²) in [5, 5.41) is 8.99. The molecule has 1 atom stereocenters. The normalized spacial score (nSPS) is 16.9. The summed E-state index contributed by atoms with van der Waals surface area (Å²) in [6.07, 6.45) is 1.76. The van der Waals surface area contributed by atoms with Crippen LogP contribution in [-0.4, -0.2) is 32.4 Å². The molecule has 0 amide bonds. The number of hydrogen-bond acceptors (Lipinski definition) is 4. The summed E-state index contributed by atoms with van der Waals surface area (Å²) in [5.74, 6) is 0.924. The van der Waals surface area contributed by atoms with Gasteiger partial charge in [-0.1, -0.05) is 0 Å². The molecule has 0 radical (unpaired) electrons. The molecule has 1 aromatic rings. The van der Waals surface area contributed by atoms with Crippen molar-refractivity contribution in [2.45, 2.75) is 25.2 Å². The van der Waals surface area contributed by atoms with E-state index in [1.54, 1.807) is 21.3 Å². The molecule has 5 heteroatoms. The highest BCUT2D eigenvalue weighted by Crippen LogP contribution is 2.50. The Hall–Kier alpha value is -1.91.